The van der Waals surface area contributed by atoms with Crippen molar-refractivity contribution in [1.82, 2.24) is 9.88 Å². The molecule has 2 heterocycles. The van der Waals surface area contributed by atoms with Crippen molar-refractivity contribution < 1.29 is 23.9 Å². The summed E-state index contributed by atoms with van der Waals surface area (Å²) in [6.45, 7) is 21.0. The van der Waals surface area contributed by atoms with E-state index in [-0.39, 0.29) is 34.3 Å². The van der Waals surface area contributed by atoms with Crippen LogP contribution in [-0.4, -0.2) is 53.1 Å². The van der Waals surface area contributed by atoms with Gasteiger partial charge in [-0.2, -0.15) is 0 Å². The lowest BCUT2D eigenvalue weighted by atomic mass is 9.94. The number of aromatic nitrogens is 1. The van der Waals surface area contributed by atoms with Crippen LogP contribution >= 0.6 is 0 Å². The van der Waals surface area contributed by atoms with E-state index < -0.39 is 26.0 Å². The highest BCUT2D eigenvalue weighted by Crippen LogP contribution is 2.44. The molecule has 0 radical (unpaired) electrons. The lowest BCUT2D eigenvalue weighted by Crippen LogP contribution is -2.50. The molecule has 8 nitrogen and oxygen atoms in total. The molecule has 3 atom stereocenters. The average Bonchev–Trinajstić information content (AvgIpc) is 3.39. The molecule has 47 heavy (non-hydrogen) atoms. The highest BCUT2D eigenvalue weighted by molar-refractivity contribution is 6.74. The number of carbonyl (C=O) groups excluding carboxylic acids is 1. The van der Waals surface area contributed by atoms with E-state index >= 15 is 0 Å². The molecular formula is C38H53N3O5Si. The predicted molar refractivity (Wildman–Crippen MR) is 190 cm³/mol. The topological polar surface area (TPSA) is 101 Å². The second kappa shape index (κ2) is 13.8. The molecule has 1 aliphatic rings. The van der Waals surface area contributed by atoms with Gasteiger partial charge in [0, 0.05) is 17.8 Å². The Morgan fingerprint density at radius 3 is 2.11 bits per heavy atom. The molecular weight excluding hydrogens is 607 g/mol. The molecule has 9 heteroatoms. The Bertz CT molecular complexity index is 1510. The van der Waals surface area contributed by atoms with Gasteiger partial charge in [-0.05, 0) is 101 Å². The van der Waals surface area contributed by atoms with Crippen molar-refractivity contribution in [3.63, 3.8) is 0 Å². The molecule has 1 aliphatic heterocycles. The highest BCUT2D eigenvalue weighted by Gasteiger charge is 2.48. The van der Waals surface area contributed by atoms with E-state index in [1.54, 1.807) is 12.1 Å². The maximum absolute atomic E-state index is 14.0. The lowest BCUT2D eigenvalue weighted by molar-refractivity contribution is -0.00244. The van der Waals surface area contributed by atoms with Crippen molar-refractivity contribution in [3.8, 4) is 0 Å². The first-order valence-electron chi connectivity index (χ1n) is 16.6. The zero-order chi connectivity index (χ0) is 34.8. The number of benzene rings is 2. The van der Waals surface area contributed by atoms with Crippen LogP contribution in [0, 0.1) is 0 Å². The summed E-state index contributed by atoms with van der Waals surface area (Å²) in [7, 11) is -2.32. The van der Waals surface area contributed by atoms with Crippen molar-refractivity contribution in [2.24, 2.45) is 0 Å². The van der Waals surface area contributed by atoms with E-state index in [1.165, 1.54) is 0 Å². The first-order valence-corrected chi connectivity index (χ1v) is 19.5. The van der Waals surface area contributed by atoms with E-state index in [2.05, 4.69) is 71.2 Å². The van der Waals surface area contributed by atoms with Crippen LogP contribution in [0.3, 0.4) is 0 Å². The van der Waals surface area contributed by atoms with Gasteiger partial charge >= 0.3 is 12.1 Å². The zero-order valence-electron chi connectivity index (χ0n) is 29.8. The van der Waals surface area contributed by atoms with Crippen LogP contribution in [0.1, 0.15) is 101 Å². The number of nitrogens with zero attached hydrogens (tertiary/aromatic N) is 2. The van der Waals surface area contributed by atoms with Gasteiger partial charge in [0.05, 0.1) is 23.2 Å². The molecule has 2 N–H and O–H groups in total. The number of ether oxygens (including phenoxy) is 1. The van der Waals surface area contributed by atoms with Gasteiger partial charge in [0.1, 0.15) is 11.4 Å². The maximum Gasteiger partial charge on any atom is 0.410 e. The summed E-state index contributed by atoms with van der Waals surface area (Å²) in [5, 5.41) is 12.9. The minimum absolute atomic E-state index is 0.0550. The van der Waals surface area contributed by atoms with Gasteiger partial charge in [-0.3, -0.25) is 4.90 Å². The summed E-state index contributed by atoms with van der Waals surface area (Å²) in [6.07, 6.45) is 3.18. The SMILES string of the molecule is CC(C)(C)OC(=O)N1C(Cc2ccc(C(=O)O)cc2)CC[C@@H]1[C@H](O[Si](C)(C)C(C)(C)C)c1ccc(NC(C)(C)c2ccccc2)nc1. The Hall–Kier alpha value is -3.69. The number of hydrogen-bond acceptors (Lipinski definition) is 6. The van der Waals surface area contributed by atoms with Gasteiger partial charge in [-0.25, -0.2) is 14.6 Å². The van der Waals surface area contributed by atoms with Gasteiger partial charge in [-0.1, -0.05) is 69.3 Å². The fourth-order valence-corrected chi connectivity index (χ4v) is 7.10. The van der Waals surface area contributed by atoms with Crippen LogP contribution in [0.15, 0.2) is 72.9 Å². The average molecular weight is 660 g/mol. The highest BCUT2D eigenvalue weighted by atomic mass is 28.4. The second-order valence-corrected chi connectivity index (χ2v) is 20.5. The summed E-state index contributed by atoms with van der Waals surface area (Å²) in [4.78, 5) is 32.2. The third kappa shape index (κ3) is 9.02. The molecule has 254 valence electrons. The molecule has 2 aromatic carbocycles. The third-order valence-electron chi connectivity index (χ3n) is 9.45. The number of hydrogen-bond donors (Lipinski definition) is 2. The number of carboxylic acids is 1. The first kappa shape index (κ1) is 36.1. The molecule has 0 aliphatic carbocycles. The molecule has 0 spiro atoms. The number of rotatable bonds is 10. The van der Waals surface area contributed by atoms with Crippen molar-refractivity contribution in [2.45, 2.75) is 122 Å². The number of likely N-dealkylation sites (tertiary alicyclic amines) is 1. The van der Waals surface area contributed by atoms with Gasteiger partial charge in [-0.15, -0.1) is 0 Å². The van der Waals surface area contributed by atoms with Gasteiger partial charge < -0.3 is 19.6 Å². The standard InChI is InChI=1S/C38H53N3O5Si/c1-36(2,3)45-35(44)41-30(24-26-16-18-27(19-17-26)34(42)43)21-22-31(41)33(46-47(9,10)37(4,5)6)28-20-23-32(39-25-28)40-38(7,8)29-14-12-11-13-15-29/h11-20,23,25,30-31,33H,21-22,24H2,1-10H3,(H,39,40)(H,42,43)/t30?,31-,33-/m1/s1. The fraction of sp³-hybridized carbons (Fsp3) is 0.500. The van der Waals surface area contributed by atoms with Crippen LogP contribution < -0.4 is 5.32 Å². The minimum Gasteiger partial charge on any atom is -0.478 e. The van der Waals surface area contributed by atoms with Gasteiger partial charge in [0.2, 0.25) is 0 Å². The lowest BCUT2D eigenvalue weighted by Gasteiger charge is -2.43. The Balaban J connectivity index is 1.70. The van der Waals surface area contributed by atoms with E-state index in [4.69, 9.17) is 14.1 Å². The van der Waals surface area contributed by atoms with E-state index in [0.29, 0.717) is 6.42 Å². The summed E-state index contributed by atoms with van der Waals surface area (Å²) < 4.78 is 13.2. The van der Waals surface area contributed by atoms with Crippen LogP contribution in [0.4, 0.5) is 10.6 Å². The number of pyridine rings is 1. The smallest absolute Gasteiger partial charge is 0.410 e. The Labute approximate surface area is 282 Å². The molecule has 1 aromatic heterocycles. The fourth-order valence-electron chi connectivity index (χ4n) is 5.82. The quantitative estimate of drug-likeness (QED) is 0.209. The third-order valence-corrected chi connectivity index (χ3v) is 13.9. The summed E-state index contributed by atoms with van der Waals surface area (Å²) in [5.74, 6) is -0.205. The molecule has 1 unspecified atom stereocenters. The molecule has 4 rings (SSSR count). The Kier molecular flexibility index (Phi) is 10.6. The molecule has 3 aromatic rings. The molecule has 1 amide bonds. The summed E-state index contributed by atoms with van der Waals surface area (Å²) in [6, 6.07) is 20.8. The van der Waals surface area contributed by atoms with E-state index in [1.807, 2.05) is 68.3 Å². The van der Waals surface area contributed by atoms with Crippen LogP contribution in [0.2, 0.25) is 18.1 Å². The molecule has 0 bridgehead atoms. The summed E-state index contributed by atoms with van der Waals surface area (Å²) >= 11 is 0. The molecule has 1 saturated heterocycles. The maximum atomic E-state index is 14.0. The van der Waals surface area contributed by atoms with Crippen LogP contribution in [0.5, 0.6) is 0 Å². The molecule has 1 fully saturated rings. The van der Waals surface area contributed by atoms with Gasteiger partial charge in [0.15, 0.2) is 8.32 Å². The number of aromatic carboxylic acids is 1. The Morgan fingerprint density at radius 1 is 0.936 bits per heavy atom. The number of carbonyl (C=O) groups is 2. The minimum atomic E-state index is -2.32. The normalized spacial score (nSPS) is 18.1. The monoisotopic (exact) mass is 659 g/mol. The van der Waals surface area contributed by atoms with Crippen LogP contribution in [0.25, 0.3) is 0 Å². The van der Waals surface area contributed by atoms with E-state index in [9.17, 15) is 14.7 Å². The number of amides is 1. The van der Waals surface area contributed by atoms with Crippen LogP contribution in [-0.2, 0) is 21.1 Å². The zero-order valence-corrected chi connectivity index (χ0v) is 30.8. The number of anilines is 1. The predicted octanol–water partition coefficient (Wildman–Crippen LogP) is 9.20. The van der Waals surface area contributed by atoms with Gasteiger partial charge in [0.25, 0.3) is 0 Å². The number of carboxylic acid groups (broad SMARTS) is 1. The van der Waals surface area contributed by atoms with Crippen molar-refractivity contribution in [1.29, 1.82) is 0 Å². The number of nitrogens with one attached hydrogen (secondary N) is 1. The largest absolute Gasteiger partial charge is 0.478 e. The van der Waals surface area contributed by atoms with Crippen molar-refractivity contribution >= 4 is 26.2 Å². The van der Waals surface area contributed by atoms with E-state index in [0.717, 1.165) is 35.3 Å². The first-order chi connectivity index (χ1) is 21.8. The second-order valence-electron chi connectivity index (χ2n) is 15.8. The van der Waals surface area contributed by atoms with Crippen molar-refractivity contribution in [2.75, 3.05) is 5.32 Å². The summed E-state index contributed by atoms with van der Waals surface area (Å²) in [5.41, 5.74) is 2.28. The van der Waals surface area contributed by atoms with Crippen molar-refractivity contribution in [3.05, 3.63) is 95.2 Å². The Morgan fingerprint density at radius 2 is 1.57 bits per heavy atom. The molecule has 0 saturated carbocycles.